The Kier molecular flexibility index (Phi) is 7.07. The molecule has 152 valence electrons. The fourth-order valence-electron chi connectivity index (χ4n) is 3.98. The lowest BCUT2D eigenvalue weighted by atomic mass is 9.95. The Bertz CT molecular complexity index is 1030. The van der Waals surface area contributed by atoms with Gasteiger partial charge in [-0.15, -0.1) is 17.5 Å². The van der Waals surface area contributed by atoms with Crippen molar-refractivity contribution in [3.05, 3.63) is 57.0 Å². The second kappa shape index (κ2) is 8.93. The maximum atomic E-state index is 13.3. The van der Waals surface area contributed by atoms with Crippen molar-refractivity contribution in [2.45, 2.75) is 53.0 Å². The first kappa shape index (κ1) is 22.2. The topological polar surface area (TPSA) is 51.3 Å². The van der Waals surface area contributed by atoms with Gasteiger partial charge in [0.15, 0.2) is 5.82 Å². The Morgan fingerprint density at radius 2 is 1.82 bits per heavy atom. The highest BCUT2D eigenvalue weighted by molar-refractivity contribution is 5.85. The van der Waals surface area contributed by atoms with Gasteiger partial charge in [-0.05, 0) is 62.4 Å². The van der Waals surface area contributed by atoms with Gasteiger partial charge >= 0.3 is 0 Å². The predicted molar refractivity (Wildman–Crippen MR) is 119 cm³/mol. The van der Waals surface area contributed by atoms with E-state index in [9.17, 15) is 4.79 Å². The molecule has 0 saturated carbocycles. The quantitative estimate of drug-likeness (QED) is 0.666. The van der Waals surface area contributed by atoms with E-state index in [1.54, 1.807) is 4.57 Å². The predicted octanol–water partition coefficient (Wildman–Crippen LogP) is 4.36. The van der Waals surface area contributed by atoms with Crippen LogP contribution in [0, 0.1) is 13.8 Å². The molecular formula is C22H31ClN4O. The van der Waals surface area contributed by atoms with Crippen LogP contribution in [0.15, 0.2) is 29.1 Å². The molecule has 0 fully saturated rings. The van der Waals surface area contributed by atoms with Crippen molar-refractivity contribution in [3.63, 3.8) is 0 Å². The minimum absolute atomic E-state index is 0. The van der Waals surface area contributed by atoms with Gasteiger partial charge in [0.2, 0.25) is 0 Å². The molecule has 0 radical (unpaired) electrons. The molecule has 0 saturated heterocycles. The van der Waals surface area contributed by atoms with Crippen molar-refractivity contribution in [3.8, 4) is 11.4 Å². The number of nitrogens with zero attached hydrogens (tertiary/aromatic N) is 3. The summed E-state index contributed by atoms with van der Waals surface area (Å²) in [5.74, 6) is 1.09. The summed E-state index contributed by atoms with van der Waals surface area (Å²) in [4.78, 5) is 13.3. The Labute approximate surface area is 173 Å². The smallest absolute Gasteiger partial charge is 0.278 e. The third-order valence-corrected chi connectivity index (χ3v) is 5.54. The van der Waals surface area contributed by atoms with Gasteiger partial charge in [0.25, 0.3) is 5.56 Å². The van der Waals surface area contributed by atoms with E-state index in [0.29, 0.717) is 11.7 Å². The number of fused-ring (bicyclic) bond motifs is 1. The molecule has 0 unspecified atom stereocenters. The van der Waals surface area contributed by atoms with Crippen LogP contribution in [-0.2, 0) is 13.6 Å². The van der Waals surface area contributed by atoms with Crippen molar-refractivity contribution >= 4 is 17.9 Å². The molecular weight excluding hydrogens is 372 g/mol. The Morgan fingerprint density at radius 1 is 1.14 bits per heavy atom. The van der Waals surface area contributed by atoms with Crippen molar-refractivity contribution in [1.82, 2.24) is 19.5 Å². The molecule has 0 aliphatic heterocycles. The SMILES string of the molecule is CCC(CC)c1cc(C)n2nc(-c3ccc(CNC)cc3C)n(C)c(=O)c12.Cl. The summed E-state index contributed by atoms with van der Waals surface area (Å²) in [6, 6.07) is 8.44. The lowest BCUT2D eigenvalue weighted by Crippen LogP contribution is -2.24. The number of aryl methyl sites for hydroxylation is 2. The molecule has 2 aromatic heterocycles. The van der Waals surface area contributed by atoms with Gasteiger partial charge in [-0.25, -0.2) is 4.52 Å². The molecule has 1 N–H and O–H groups in total. The van der Waals surface area contributed by atoms with Gasteiger partial charge in [-0.1, -0.05) is 32.0 Å². The molecule has 0 aliphatic rings. The molecule has 3 aromatic rings. The summed E-state index contributed by atoms with van der Waals surface area (Å²) in [6.07, 6.45) is 2.04. The first-order valence-electron chi connectivity index (χ1n) is 9.76. The van der Waals surface area contributed by atoms with E-state index >= 15 is 0 Å². The summed E-state index contributed by atoms with van der Waals surface area (Å²) in [6.45, 7) is 9.27. The van der Waals surface area contributed by atoms with Crippen LogP contribution >= 0.6 is 12.4 Å². The van der Waals surface area contributed by atoms with Crippen molar-refractivity contribution in [2.24, 2.45) is 7.05 Å². The number of hydrogen-bond acceptors (Lipinski definition) is 3. The van der Waals surface area contributed by atoms with E-state index in [2.05, 4.69) is 50.4 Å². The van der Waals surface area contributed by atoms with Gasteiger partial charge in [0, 0.05) is 24.8 Å². The van der Waals surface area contributed by atoms with Crippen LogP contribution in [0.5, 0.6) is 0 Å². The molecule has 0 spiro atoms. The molecule has 0 amide bonds. The van der Waals surface area contributed by atoms with E-state index in [1.807, 2.05) is 25.5 Å². The second-order valence-corrected chi connectivity index (χ2v) is 7.38. The summed E-state index contributed by atoms with van der Waals surface area (Å²) < 4.78 is 3.53. The monoisotopic (exact) mass is 402 g/mol. The molecule has 2 heterocycles. The Hall–Kier alpha value is -2.11. The first-order valence-corrected chi connectivity index (χ1v) is 9.76. The van der Waals surface area contributed by atoms with E-state index in [-0.39, 0.29) is 18.0 Å². The average Bonchev–Trinajstić information content (AvgIpc) is 2.97. The third kappa shape index (κ3) is 3.74. The molecule has 0 atom stereocenters. The molecule has 28 heavy (non-hydrogen) atoms. The number of rotatable bonds is 6. The van der Waals surface area contributed by atoms with Gasteiger partial charge in [0.1, 0.15) is 5.52 Å². The maximum Gasteiger partial charge on any atom is 0.278 e. The molecule has 6 heteroatoms. The van der Waals surface area contributed by atoms with Crippen LogP contribution < -0.4 is 10.9 Å². The zero-order valence-electron chi connectivity index (χ0n) is 17.7. The summed E-state index contributed by atoms with van der Waals surface area (Å²) in [7, 11) is 3.76. The van der Waals surface area contributed by atoms with Crippen LogP contribution in [0.2, 0.25) is 0 Å². The highest BCUT2D eigenvalue weighted by Crippen LogP contribution is 2.29. The minimum atomic E-state index is 0. The molecule has 1 aromatic carbocycles. The van der Waals surface area contributed by atoms with Crippen molar-refractivity contribution in [1.29, 1.82) is 0 Å². The lowest BCUT2D eigenvalue weighted by molar-refractivity contribution is 0.644. The van der Waals surface area contributed by atoms with Crippen LogP contribution in [0.25, 0.3) is 16.9 Å². The summed E-state index contributed by atoms with van der Waals surface area (Å²) >= 11 is 0. The minimum Gasteiger partial charge on any atom is -0.316 e. The van der Waals surface area contributed by atoms with Gasteiger partial charge in [0.05, 0.1) is 0 Å². The normalized spacial score (nSPS) is 11.2. The highest BCUT2D eigenvalue weighted by atomic mass is 35.5. The van der Waals surface area contributed by atoms with Crippen molar-refractivity contribution < 1.29 is 0 Å². The van der Waals surface area contributed by atoms with Crippen LogP contribution in [0.4, 0.5) is 0 Å². The highest BCUT2D eigenvalue weighted by Gasteiger charge is 2.21. The van der Waals surface area contributed by atoms with Crippen molar-refractivity contribution in [2.75, 3.05) is 7.05 Å². The largest absolute Gasteiger partial charge is 0.316 e. The number of halogens is 1. The molecule has 0 bridgehead atoms. The van der Waals surface area contributed by atoms with Crippen LogP contribution in [0.3, 0.4) is 0 Å². The summed E-state index contributed by atoms with van der Waals surface area (Å²) in [5, 5.41) is 8.05. The van der Waals surface area contributed by atoms with Crippen LogP contribution in [0.1, 0.15) is 55.0 Å². The maximum absolute atomic E-state index is 13.3. The van der Waals surface area contributed by atoms with Gasteiger partial charge < -0.3 is 5.32 Å². The van der Waals surface area contributed by atoms with Crippen LogP contribution in [-0.4, -0.2) is 21.2 Å². The van der Waals surface area contributed by atoms with E-state index in [1.165, 1.54) is 5.56 Å². The van der Waals surface area contributed by atoms with Gasteiger partial charge in [-0.3, -0.25) is 9.36 Å². The van der Waals surface area contributed by atoms with E-state index < -0.39 is 0 Å². The first-order chi connectivity index (χ1) is 12.9. The zero-order valence-corrected chi connectivity index (χ0v) is 18.5. The number of aromatic nitrogens is 3. The van der Waals surface area contributed by atoms with E-state index in [4.69, 9.17) is 5.10 Å². The van der Waals surface area contributed by atoms with Gasteiger partial charge in [-0.2, -0.15) is 0 Å². The molecule has 3 rings (SSSR count). The standard InChI is InChI=1S/C22H30N4O.ClH/c1-7-17(8-2)19-12-15(4)26-20(19)22(27)25(6)21(24-26)18-10-9-16(13-23-5)11-14(18)3;/h9-12,17,23H,7-8,13H2,1-6H3;1H. The zero-order chi connectivity index (χ0) is 19.7. The molecule has 0 aliphatic carbocycles. The fourth-order valence-corrected chi connectivity index (χ4v) is 3.98. The Balaban J connectivity index is 0.00000280. The number of hydrogen-bond donors (Lipinski definition) is 1. The number of benzene rings is 1. The summed E-state index contributed by atoms with van der Waals surface area (Å²) in [5.41, 5.74) is 6.21. The van der Waals surface area contributed by atoms with E-state index in [0.717, 1.165) is 47.3 Å². The third-order valence-electron chi connectivity index (χ3n) is 5.54. The number of nitrogens with one attached hydrogen (secondary N) is 1. The fraction of sp³-hybridized carbons (Fsp3) is 0.455. The lowest BCUT2D eigenvalue weighted by Gasteiger charge is -2.14. The average molecular weight is 403 g/mol. The second-order valence-electron chi connectivity index (χ2n) is 7.38. The molecule has 5 nitrogen and oxygen atoms in total. The Morgan fingerprint density at radius 3 is 2.39 bits per heavy atom.